The van der Waals surface area contributed by atoms with Crippen LogP contribution in [0.25, 0.3) is 0 Å². The fourth-order valence-corrected chi connectivity index (χ4v) is 3.26. The fraction of sp³-hybridized carbons (Fsp3) is 0.250. The van der Waals surface area contributed by atoms with Gasteiger partial charge in [0.25, 0.3) is 0 Å². The maximum Gasteiger partial charge on any atom is 0.0453 e. The van der Waals surface area contributed by atoms with Gasteiger partial charge in [0, 0.05) is 21.0 Å². The first kappa shape index (κ1) is 15.7. The second kappa shape index (κ2) is 7.37. The van der Waals surface area contributed by atoms with E-state index in [0.717, 1.165) is 16.9 Å². The Morgan fingerprint density at radius 2 is 1.65 bits per heavy atom. The number of benzene rings is 2. The Morgan fingerprint density at radius 3 is 2.20 bits per heavy atom. The Morgan fingerprint density at radius 1 is 1.05 bits per heavy atom. The lowest BCUT2D eigenvalue weighted by Gasteiger charge is -2.15. The molecule has 0 heterocycles. The highest BCUT2D eigenvalue weighted by Gasteiger charge is 2.12. The van der Waals surface area contributed by atoms with E-state index >= 15 is 0 Å². The van der Waals surface area contributed by atoms with Crippen molar-refractivity contribution in [1.29, 1.82) is 0 Å². The first-order chi connectivity index (χ1) is 9.61. The molecular weight excluding hydrogens is 309 g/mol. The summed E-state index contributed by atoms with van der Waals surface area (Å²) in [6.45, 7) is 2.14. The molecule has 2 N–H and O–H groups in total. The van der Waals surface area contributed by atoms with Crippen molar-refractivity contribution in [2.75, 3.05) is 5.75 Å². The molecule has 0 saturated heterocycles. The molecule has 0 aliphatic carbocycles. The van der Waals surface area contributed by atoms with Gasteiger partial charge < -0.3 is 5.73 Å². The zero-order valence-corrected chi connectivity index (χ0v) is 13.6. The van der Waals surface area contributed by atoms with Crippen molar-refractivity contribution in [2.24, 2.45) is 5.73 Å². The predicted molar refractivity (Wildman–Crippen MR) is 89.9 cm³/mol. The summed E-state index contributed by atoms with van der Waals surface area (Å²) >= 11 is 14.2. The number of hydrogen-bond donors (Lipinski definition) is 1. The summed E-state index contributed by atoms with van der Waals surface area (Å²) < 4.78 is 0. The fourth-order valence-electron chi connectivity index (χ4n) is 2.04. The van der Waals surface area contributed by atoms with Crippen molar-refractivity contribution >= 4 is 35.0 Å². The average Bonchev–Trinajstić information content (AvgIpc) is 2.44. The van der Waals surface area contributed by atoms with Crippen molar-refractivity contribution in [3.63, 3.8) is 0 Å². The molecule has 1 atom stereocenters. The van der Waals surface area contributed by atoms with Crippen molar-refractivity contribution < 1.29 is 0 Å². The van der Waals surface area contributed by atoms with Crippen LogP contribution in [-0.4, -0.2) is 5.75 Å². The van der Waals surface area contributed by atoms with Gasteiger partial charge >= 0.3 is 0 Å². The van der Waals surface area contributed by atoms with Crippen molar-refractivity contribution in [1.82, 2.24) is 0 Å². The molecule has 0 spiro atoms. The quantitative estimate of drug-likeness (QED) is 0.750. The van der Waals surface area contributed by atoms with E-state index in [2.05, 4.69) is 31.2 Å². The van der Waals surface area contributed by atoms with Gasteiger partial charge in [-0.2, -0.15) is 0 Å². The van der Waals surface area contributed by atoms with Gasteiger partial charge in [0.05, 0.1) is 0 Å². The maximum absolute atomic E-state index is 6.26. The number of nitrogens with two attached hydrogens (primary N) is 1. The molecule has 2 rings (SSSR count). The SMILES string of the molecule is CCSc1ccc(C(N)Cc2c(Cl)cccc2Cl)cc1. The Hall–Kier alpha value is -0.670. The number of thioether (sulfide) groups is 1. The van der Waals surface area contributed by atoms with Crippen LogP contribution in [0.2, 0.25) is 10.0 Å². The standard InChI is InChI=1S/C16H17Cl2NS/c1-2-20-12-8-6-11(7-9-12)16(19)10-13-14(17)4-3-5-15(13)18/h3-9,16H,2,10,19H2,1H3. The first-order valence-electron chi connectivity index (χ1n) is 6.53. The van der Waals surface area contributed by atoms with E-state index in [1.54, 1.807) is 0 Å². The molecule has 2 aromatic carbocycles. The average molecular weight is 326 g/mol. The van der Waals surface area contributed by atoms with Crippen molar-refractivity contribution in [3.8, 4) is 0 Å². The van der Waals surface area contributed by atoms with E-state index in [-0.39, 0.29) is 6.04 Å². The lowest BCUT2D eigenvalue weighted by Crippen LogP contribution is -2.13. The highest BCUT2D eigenvalue weighted by molar-refractivity contribution is 7.99. The molecule has 0 aromatic heterocycles. The smallest absolute Gasteiger partial charge is 0.0453 e. The lowest BCUT2D eigenvalue weighted by molar-refractivity contribution is 0.721. The minimum absolute atomic E-state index is 0.104. The molecule has 4 heteroatoms. The predicted octanol–water partition coefficient (Wildman–Crippen LogP) is 5.35. The normalized spacial score (nSPS) is 12.4. The van der Waals surface area contributed by atoms with Gasteiger partial charge in [-0.05, 0) is 47.6 Å². The highest BCUT2D eigenvalue weighted by Crippen LogP contribution is 2.29. The van der Waals surface area contributed by atoms with Crippen LogP contribution in [-0.2, 0) is 6.42 Å². The molecule has 0 fully saturated rings. The van der Waals surface area contributed by atoms with Crippen LogP contribution < -0.4 is 5.73 Å². The Kier molecular flexibility index (Phi) is 5.79. The minimum Gasteiger partial charge on any atom is -0.324 e. The molecule has 1 unspecified atom stereocenters. The largest absolute Gasteiger partial charge is 0.324 e. The van der Waals surface area contributed by atoms with Crippen molar-refractivity contribution in [3.05, 3.63) is 63.6 Å². The minimum atomic E-state index is -0.104. The molecule has 0 saturated carbocycles. The zero-order chi connectivity index (χ0) is 14.5. The third-order valence-corrected chi connectivity index (χ3v) is 4.71. The van der Waals surface area contributed by atoms with Crippen LogP contribution in [0.3, 0.4) is 0 Å². The summed E-state index contributed by atoms with van der Waals surface area (Å²) in [4.78, 5) is 1.26. The first-order valence-corrected chi connectivity index (χ1v) is 8.27. The third-order valence-electron chi connectivity index (χ3n) is 3.10. The summed E-state index contributed by atoms with van der Waals surface area (Å²) in [5, 5.41) is 1.34. The van der Waals surface area contributed by atoms with E-state index in [1.165, 1.54) is 4.90 Å². The van der Waals surface area contributed by atoms with Gasteiger partial charge in [-0.1, -0.05) is 48.3 Å². The topological polar surface area (TPSA) is 26.0 Å². The van der Waals surface area contributed by atoms with Crippen LogP contribution in [0.4, 0.5) is 0 Å². The van der Waals surface area contributed by atoms with Gasteiger partial charge in [-0.15, -0.1) is 11.8 Å². The summed E-state index contributed by atoms with van der Waals surface area (Å²) in [7, 11) is 0. The van der Waals surface area contributed by atoms with Gasteiger partial charge in [0.2, 0.25) is 0 Å². The lowest BCUT2D eigenvalue weighted by atomic mass is 10.00. The van der Waals surface area contributed by atoms with Gasteiger partial charge in [-0.3, -0.25) is 0 Å². The van der Waals surface area contributed by atoms with Crippen LogP contribution in [0.5, 0.6) is 0 Å². The Bertz CT molecular complexity index is 549. The van der Waals surface area contributed by atoms with E-state index in [9.17, 15) is 0 Å². The second-order valence-electron chi connectivity index (χ2n) is 4.51. The van der Waals surface area contributed by atoms with E-state index in [4.69, 9.17) is 28.9 Å². The molecule has 20 heavy (non-hydrogen) atoms. The second-order valence-corrected chi connectivity index (χ2v) is 6.66. The molecule has 0 bridgehead atoms. The summed E-state index contributed by atoms with van der Waals surface area (Å²) in [5.41, 5.74) is 8.28. The summed E-state index contributed by atoms with van der Waals surface area (Å²) in [5.74, 6) is 1.07. The maximum atomic E-state index is 6.26. The van der Waals surface area contributed by atoms with Crippen LogP contribution in [0.1, 0.15) is 24.1 Å². The number of halogens is 2. The van der Waals surface area contributed by atoms with Gasteiger partial charge in [0.15, 0.2) is 0 Å². The highest BCUT2D eigenvalue weighted by atomic mass is 35.5. The molecule has 1 nitrogen and oxygen atoms in total. The molecule has 0 radical (unpaired) electrons. The van der Waals surface area contributed by atoms with Crippen LogP contribution in [0.15, 0.2) is 47.4 Å². The molecular formula is C16H17Cl2NS. The van der Waals surface area contributed by atoms with E-state index in [0.29, 0.717) is 16.5 Å². The third kappa shape index (κ3) is 3.92. The molecule has 0 aliphatic heterocycles. The van der Waals surface area contributed by atoms with Crippen molar-refractivity contribution in [2.45, 2.75) is 24.3 Å². The zero-order valence-electron chi connectivity index (χ0n) is 11.3. The molecule has 0 amide bonds. The Labute approximate surface area is 134 Å². The monoisotopic (exact) mass is 325 g/mol. The Balaban J connectivity index is 2.13. The molecule has 106 valence electrons. The van der Waals surface area contributed by atoms with E-state index in [1.807, 2.05) is 30.0 Å². The molecule has 0 aliphatic rings. The van der Waals surface area contributed by atoms with Gasteiger partial charge in [0.1, 0.15) is 0 Å². The molecule has 2 aromatic rings. The summed E-state index contributed by atoms with van der Waals surface area (Å²) in [6, 6.07) is 13.8. The van der Waals surface area contributed by atoms with E-state index < -0.39 is 0 Å². The van der Waals surface area contributed by atoms with Gasteiger partial charge in [-0.25, -0.2) is 0 Å². The van der Waals surface area contributed by atoms with Crippen LogP contribution >= 0.6 is 35.0 Å². The van der Waals surface area contributed by atoms with Crippen LogP contribution in [0, 0.1) is 0 Å². The number of rotatable bonds is 5. The summed E-state index contributed by atoms with van der Waals surface area (Å²) in [6.07, 6.45) is 0.638. The number of hydrogen-bond acceptors (Lipinski definition) is 2.